The van der Waals surface area contributed by atoms with E-state index in [2.05, 4.69) is 24.3 Å². The average molecular weight is 192 g/mol. The fourth-order valence-electron chi connectivity index (χ4n) is 3.53. The lowest BCUT2D eigenvalue weighted by Gasteiger charge is -2.36. The van der Waals surface area contributed by atoms with Gasteiger partial charge in [0.15, 0.2) is 0 Å². The van der Waals surface area contributed by atoms with E-state index < -0.39 is 5.67 Å². The number of fused-ring (bicyclic) bond motifs is 2. The third-order valence-electron chi connectivity index (χ3n) is 4.31. The lowest BCUT2D eigenvalue weighted by Crippen LogP contribution is -2.37. The highest BCUT2D eigenvalue weighted by atomic mass is 19.1. The van der Waals surface area contributed by atoms with Gasteiger partial charge in [0.05, 0.1) is 0 Å². The van der Waals surface area contributed by atoms with Gasteiger partial charge in [0.1, 0.15) is 5.67 Å². The van der Waals surface area contributed by atoms with E-state index in [1.54, 1.807) is 0 Å². The maximum absolute atomic E-state index is 14.8. The van der Waals surface area contributed by atoms with Crippen molar-refractivity contribution in [1.82, 2.24) is 0 Å². The average Bonchev–Trinajstić information content (AvgIpc) is 2.79. The van der Waals surface area contributed by atoms with Crippen LogP contribution in [0.15, 0.2) is 24.3 Å². The molecule has 3 aliphatic rings. The van der Waals surface area contributed by atoms with E-state index in [9.17, 15) is 4.39 Å². The summed E-state index contributed by atoms with van der Waals surface area (Å²) in [6, 6.07) is 0. The molecule has 3 rings (SSSR count). The molecule has 0 heterocycles. The number of alkyl halides is 1. The van der Waals surface area contributed by atoms with Crippen LogP contribution in [-0.2, 0) is 0 Å². The predicted octanol–water partition coefficient (Wildman–Crippen LogP) is 3.65. The first kappa shape index (κ1) is 8.70. The molecule has 14 heavy (non-hydrogen) atoms. The van der Waals surface area contributed by atoms with Crippen LogP contribution in [0.2, 0.25) is 0 Å². The van der Waals surface area contributed by atoms with E-state index in [1.807, 2.05) is 0 Å². The van der Waals surface area contributed by atoms with Gasteiger partial charge in [-0.3, -0.25) is 0 Å². The van der Waals surface area contributed by atoms with Crippen LogP contribution in [0.25, 0.3) is 0 Å². The highest BCUT2D eigenvalue weighted by Crippen LogP contribution is 2.54. The van der Waals surface area contributed by atoms with E-state index in [4.69, 9.17) is 0 Å². The normalized spacial score (nSPS) is 50.2. The third-order valence-corrected chi connectivity index (χ3v) is 4.31. The van der Waals surface area contributed by atoms with Crippen LogP contribution in [0.4, 0.5) is 4.39 Å². The summed E-state index contributed by atoms with van der Waals surface area (Å²) >= 11 is 0. The van der Waals surface area contributed by atoms with E-state index in [0.717, 1.165) is 32.1 Å². The van der Waals surface area contributed by atoms with Crippen molar-refractivity contribution < 1.29 is 4.39 Å². The second-order valence-corrected chi connectivity index (χ2v) is 5.10. The molecule has 0 aromatic carbocycles. The summed E-state index contributed by atoms with van der Waals surface area (Å²) in [5, 5.41) is 0. The second-order valence-electron chi connectivity index (χ2n) is 5.10. The van der Waals surface area contributed by atoms with Gasteiger partial charge in [-0.1, -0.05) is 24.3 Å². The second kappa shape index (κ2) is 2.95. The van der Waals surface area contributed by atoms with Gasteiger partial charge in [-0.2, -0.15) is 0 Å². The Morgan fingerprint density at radius 1 is 1.21 bits per heavy atom. The van der Waals surface area contributed by atoms with Crippen molar-refractivity contribution in [3.63, 3.8) is 0 Å². The third kappa shape index (κ3) is 1.11. The Hall–Kier alpha value is -0.590. The van der Waals surface area contributed by atoms with E-state index in [-0.39, 0.29) is 5.92 Å². The molecule has 3 aliphatic carbocycles. The van der Waals surface area contributed by atoms with Crippen LogP contribution >= 0.6 is 0 Å². The zero-order valence-electron chi connectivity index (χ0n) is 8.45. The molecule has 0 N–H and O–H groups in total. The Balaban J connectivity index is 1.83. The van der Waals surface area contributed by atoms with Gasteiger partial charge < -0.3 is 0 Å². The van der Waals surface area contributed by atoms with Gasteiger partial charge in [-0.25, -0.2) is 4.39 Å². The molecular formula is C13H17F. The van der Waals surface area contributed by atoms with Gasteiger partial charge in [0.25, 0.3) is 0 Å². The topological polar surface area (TPSA) is 0 Å². The first-order valence-corrected chi connectivity index (χ1v) is 5.81. The minimum Gasteiger partial charge on any atom is -0.243 e. The summed E-state index contributed by atoms with van der Waals surface area (Å²) < 4.78 is 14.8. The van der Waals surface area contributed by atoms with Crippen molar-refractivity contribution in [3.05, 3.63) is 24.3 Å². The Morgan fingerprint density at radius 2 is 2.14 bits per heavy atom. The molecule has 0 aromatic rings. The first-order valence-electron chi connectivity index (χ1n) is 5.81. The summed E-state index contributed by atoms with van der Waals surface area (Å²) in [4.78, 5) is 0. The maximum atomic E-state index is 14.8. The molecule has 0 nitrogen and oxygen atoms in total. The Morgan fingerprint density at radius 3 is 2.71 bits per heavy atom. The SMILES string of the molecule is FC1(C2CC=CCC2)CC2C=CC1C2. The molecule has 0 aromatic heterocycles. The molecular weight excluding hydrogens is 175 g/mol. The molecule has 76 valence electrons. The molecule has 0 radical (unpaired) electrons. The lowest BCUT2D eigenvalue weighted by molar-refractivity contribution is 0.0463. The van der Waals surface area contributed by atoms with Crippen molar-refractivity contribution in [2.45, 2.75) is 37.8 Å². The number of rotatable bonds is 1. The van der Waals surface area contributed by atoms with Crippen LogP contribution in [0.1, 0.15) is 32.1 Å². The van der Waals surface area contributed by atoms with E-state index in [0.29, 0.717) is 11.8 Å². The van der Waals surface area contributed by atoms with Gasteiger partial charge in [0, 0.05) is 5.92 Å². The fraction of sp³-hybridized carbons (Fsp3) is 0.692. The van der Waals surface area contributed by atoms with Crippen molar-refractivity contribution in [1.29, 1.82) is 0 Å². The predicted molar refractivity (Wildman–Crippen MR) is 55.7 cm³/mol. The number of halogens is 1. The fourth-order valence-corrected chi connectivity index (χ4v) is 3.53. The quantitative estimate of drug-likeness (QED) is 0.556. The summed E-state index contributed by atoms with van der Waals surface area (Å²) in [6.07, 6.45) is 13.7. The summed E-state index contributed by atoms with van der Waals surface area (Å²) in [5.41, 5.74) is -0.857. The van der Waals surface area contributed by atoms with Crippen molar-refractivity contribution >= 4 is 0 Å². The molecule has 1 saturated carbocycles. The highest BCUT2D eigenvalue weighted by molar-refractivity contribution is 5.19. The lowest BCUT2D eigenvalue weighted by atomic mass is 9.74. The van der Waals surface area contributed by atoms with Gasteiger partial charge >= 0.3 is 0 Å². The van der Waals surface area contributed by atoms with Crippen molar-refractivity contribution in [3.8, 4) is 0 Å². The maximum Gasteiger partial charge on any atom is 0.121 e. The highest BCUT2D eigenvalue weighted by Gasteiger charge is 2.52. The molecule has 1 fully saturated rings. The van der Waals surface area contributed by atoms with Crippen molar-refractivity contribution in [2.75, 3.05) is 0 Å². The Bertz CT molecular complexity index is 292. The summed E-state index contributed by atoms with van der Waals surface area (Å²) in [5.74, 6) is 1.09. The van der Waals surface area contributed by atoms with Crippen LogP contribution in [0.5, 0.6) is 0 Å². The summed E-state index contributed by atoms with van der Waals surface area (Å²) in [6.45, 7) is 0. The van der Waals surface area contributed by atoms with Gasteiger partial charge in [-0.15, -0.1) is 0 Å². The molecule has 0 saturated heterocycles. The zero-order valence-corrected chi connectivity index (χ0v) is 8.45. The zero-order chi connectivity index (χ0) is 9.60. The van der Waals surface area contributed by atoms with Crippen molar-refractivity contribution in [2.24, 2.45) is 17.8 Å². The summed E-state index contributed by atoms with van der Waals surface area (Å²) in [7, 11) is 0. The van der Waals surface area contributed by atoms with Crippen LogP contribution < -0.4 is 0 Å². The molecule has 1 heteroatoms. The molecule has 0 aliphatic heterocycles. The van der Waals surface area contributed by atoms with Gasteiger partial charge in [0.2, 0.25) is 0 Å². The Labute approximate surface area is 84.9 Å². The first-order chi connectivity index (χ1) is 6.79. The van der Waals surface area contributed by atoms with Crippen LogP contribution in [0.3, 0.4) is 0 Å². The number of hydrogen-bond donors (Lipinski definition) is 0. The standard InChI is InChI=1S/C13H17F/c14-13(11-4-2-1-3-5-11)9-10-6-7-12(13)8-10/h1-2,6-7,10-12H,3-5,8-9H2. The van der Waals surface area contributed by atoms with E-state index >= 15 is 0 Å². The number of hydrogen-bond acceptors (Lipinski definition) is 0. The molecule has 0 amide bonds. The molecule has 2 bridgehead atoms. The minimum absolute atomic E-state index is 0.240. The largest absolute Gasteiger partial charge is 0.243 e. The van der Waals surface area contributed by atoms with Gasteiger partial charge in [-0.05, 0) is 43.9 Å². The molecule has 4 unspecified atom stereocenters. The van der Waals surface area contributed by atoms with Crippen LogP contribution in [0, 0.1) is 17.8 Å². The smallest absolute Gasteiger partial charge is 0.121 e. The number of allylic oxidation sites excluding steroid dienone is 4. The molecule has 4 atom stereocenters. The minimum atomic E-state index is -0.857. The Kier molecular flexibility index (Phi) is 1.83. The van der Waals surface area contributed by atoms with E-state index in [1.165, 1.54) is 0 Å². The molecule has 0 spiro atoms. The monoisotopic (exact) mass is 192 g/mol. The van der Waals surface area contributed by atoms with Crippen LogP contribution in [-0.4, -0.2) is 5.67 Å².